The molecule has 0 aromatic heterocycles. The molecule has 0 aliphatic heterocycles. The highest BCUT2D eigenvalue weighted by molar-refractivity contribution is 6.21. The fourth-order valence-electron chi connectivity index (χ4n) is 2.08. The van der Waals surface area contributed by atoms with Crippen LogP contribution in [0.2, 0.25) is 0 Å². The van der Waals surface area contributed by atoms with E-state index in [1.165, 1.54) is 0 Å². The molecule has 0 amide bonds. The summed E-state index contributed by atoms with van der Waals surface area (Å²) in [5.41, 5.74) is 5.22. The molecule has 0 spiro atoms. The predicted octanol–water partition coefficient (Wildman–Crippen LogP) is 3.50. The number of hydrogen-bond acceptors (Lipinski definition) is 1. The highest BCUT2D eigenvalue weighted by Crippen LogP contribution is 2.43. The first-order valence-electron chi connectivity index (χ1n) is 5.05. The Morgan fingerprint density at radius 3 is 2.53 bits per heavy atom. The highest BCUT2D eigenvalue weighted by atomic mass is 35.5. The Bertz CT molecular complexity index is 250. The minimum atomic E-state index is -0.425. The first-order valence-corrected chi connectivity index (χ1v) is 6.55. The van der Waals surface area contributed by atoms with Crippen molar-refractivity contribution in [3.63, 3.8) is 0 Å². The van der Waals surface area contributed by atoms with Gasteiger partial charge in [0.1, 0.15) is 0 Å². The van der Waals surface area contributed by atoms with Gasteiger partial charge in [-0.15, -0.1) is 34.8 Å². The lowest BCUT2D eigenvalue weighted by Crippen LogP contribution is -2.43. The lowest BCUT2D eigenvalue weighted by Gasteiger charge is -2.40. The topological polar surface area (TPSA) is 26.0 Å². The van der Waals surface area contributed by atoms with Gasteiger partial charge >= 0.3 is 0 Å². The lowest BCUT2D eigenvalue weighted by molar-refractivity contribution is 0.246. The zero-order valence-corrected chi connectivity index (χ0v) is 10.8. The Morgan fingerprint density at radius 1 is 1.27 bits per heavy atom. The van der Waals surface area contributed by atoms with Gasteiger partial charge in [-0.3, -0.25) is 0 Å². The van der Waals surface area contributed by atoms with Gasteiger partial charge in [0, 0.05) is 17.2 Å². The van der Waals surface area contributed by atoms with Crippen molar-refractivity contribution >= 4 is 34.8 Å². The van der Waals surface area contributed by atoms with E-state index in [1.54, 1.807) is 0 Å². The maximum absolute atomic E-state index is 6.11. The monoisotopic (exact) mass is 267 g/mol. The molecule has 86 valence electrons. The molecule has 3 atom stereocenters. The molecule has 1 nitrogen and oxygen atoms in total. The van der Waals surface area contributed by atoms with Crippen LogP contribution in [0.1, 0.15) is 12.8 Å². The van der Waals surface area contributed by atoms with Gasteiger partial charge in [0.2, 0.25) is 0 Å². The second-order valence-electron chi connectivity index (χ2n) is 3.78. The standard InChI is InChI=1S/C11H16Cl3N/c12-7-4-9-3-1-2-5-11(9,6-8-13)10(14)15/h1-3,5,9-10H,4,6-8,15H2. The molecule has 0 fully saturated rings. The molecule has 0 aromatic rings. The van der Waals surface area contributed by atoms with Crippen LogP contribution in [0.15, 0.2) is 24.3 Å². The van der Waals surface area contributed by atoms with Crippen molar-refractivity contribution in [1.82, 2.24) is 0 Å². The summed E-state index contributed by atoms with van der Waals surface area (Å²) in [4.78, 5) is 0. The molecule has 3 unspecified atom stereocenters. The first-order chi connectivity index (χ1) is 7.17. The molecule has 1 rings (SSSR count). The summed E-state index contributed by atoms with van der Waals surface area (Å²) in [6.45, 7) is 0. The van der Waals surface area contributed by atoms with E-state index in [-0.39, 0.29) is 11.3 Å². The Hall–Kier alpha value is 0.310. The van der Waals surface area contributed by atoms with Gasteiger partial charge in [0.15, 0.2) is 0 Å². The molecular formula is C11H16Cl3N. The average molecular weight is 269 g/mol. The molecule has 2 N–H and O–H groups in total. The molecule has 0 saturated heterocycles. The van der Waals surface area contributed by atoms with Crippen LogP contribution in [0.4, 0.5) is 0 Å². The Morgan fingerprint density at radius 2 is 2.00 bits per heavy atom. The number of allylic oxidation sites excluding steroid dienone is 3. The van der Waals surface area contributed by atoms with Gasteiger partial charge < -0.3 is 5.73 Å². The van der Waals surface area contributed by atoms with Crippen molar-refractivity contribution < 1.29 is 0 Å². The molecule has 0 radical (unpaired) electrons. The largest absolute Gasteiger partial charge is 0.315 e. The summed E-state index contributed by atoms with van der Waals surface area (Å²) in [7, 11) is 0. The summed E-state index contributed by atoms with van der Waals surface area (Å²) >= 11 is 17.7. The fraction of sp³-hybridized carbons (Fsp3) is 0.636. The van der Waals surface area contributed by atoms with E-state index in [2.05, 4.69) is 12.2 Å². The Labute approximate surface area is 106 Å². The third kappa shape index (κ3) is 2.91. The number of hydrogen-bond donors (Lipinski definition) is 1. The van der Waals surface area contributed by atoms with Crippen LogP contribution in [0.3, 0.4) is 0 Å². The number of nitrogens with two attached hydrogens (primary N) is 1. The Balaban J connectivity index is 2.91. The zero-order valence-electron chi connectivity index (χ0n) is 8.50. The molecule has 4 heteroatoms. The normalized spacial score (nSPS) is 31.9. The second kappa shape index (κ2) is 6.15. The van der Waals surface area contributed by atoms with Gasteiger partial charge in [0.25, 0.3) is 0 Å². The van der Waals surface area contributed by atoms with E-state index in [1.807, 2.05) is 12.2 Å². The predicted molar refractivity (Wildman–Crippen MR) is 68.7 cm³/mol. The molecule has 15 heavy (non-hydrogen) atoms. The smallest absolute Gasteiger partial charge is 0.0898 e. The SMILES string of the molecule is NC(Cl)C1(CCCl)C=CC=CC1CCCl. The van der Waals surface area contributed by atoms with Crippen molar-refractivity contribution in [2.75, 3.05) is 11.8 Å². The number of halogens is 3. The molecule has 0 saturated carbocycles. The first kappa shape index (κ1) is 13.4. The van der Waals surface area contributed by atoms with Crippen LogP contribution in [0, 0.1) is 11.3 Å². The summed E-state index contributed by atoms with van der Waals surface area (Å²) in [6, 6.07) is 0. The molecule has 0 heterocycles. The van der Waals surface area contributed by atoms with Crippen molar-refractivity contribution in [1.29, 1.82) is 0 Å². The van der Waals surface area contributed by atoms with E-state index in [9.17, 15) is 0 Å². The number of rotatable bonds is 5. The van der Waals surface area contributed by atoms with E-state index >= 15 is 0 Å². The zero-order chi connectivity index (χ0) is 11.3. The van der Waals surface area contributed by atoms with E-state index < -0.39 is 5.50 Å². The molecule has 0 aromatic carbocycles. The molecule has 1 aliphatic carbocycles. The second-order valence-corrected chi connectivity index (χ2v) is 5.01. The summed E-state index contributed by atoms with van der Waals surface area (Å²) in [5, 5.41) is 0. The molecular weight excluding hydrogens is 252 g/mol. The van der Waals surface area contributed by atoms with Crippen molar-refractivity contribution in [2.45, 2.75) is 18.3 Å². The fourth-order valence-corrected chi connectivity index (χ4v) is 2.99. The number of alkyl halides is 3. The van der Waals surface area contributed by atoms with Crippen LogP contribution < -0.4 is 5.73 Å². The minimum absolute atomic E-state index is 0.243. The van der Waals surface area contributed by atoms with Gasteiger partial charge in [-0.2, -0.15) is 0 Å². The van der Waals surface area contributed by atoms with Crippen molar-refractivity contribution in [2.24, 2.45) is 17.1 Å². The van der Waals surface area contributed by atoms with Crippen LogP contribution in [-0.4, -0.2) is 17.3 Å². The van der Waals surface area contributed by atoms with E-state index in [0.29, 0.717) is 11.8 Å². The highest BCUT2D eigenvalue weighted by Gasteiger charge is 2.39. The van der Waals surface area contributed by atoms with Crippen molar-refractivity contribution in [3.05, 3.63) is 24.3 Å². The van der Waals surface area contributed by atoms with Gasteiger partial charge in [0.05, 0.1) is 5.50 Å². The van der Waals surface area contributed by atoms with Crippen LogP contribution in [-0.2, 0) is 0 Å². The molecule has 1 aliphatic rings. The van der Waals surface area contributed by atoms with Crippen LogP contribution in [0.5, 0.6) is 0 Å². The minimum Gasteiger partial charge on any atom is -0.315 e. The van der Waals surface area contributed by atoms with Crippen molar-refractivity contribution in [3.8, 4) is 0 Å². The van der Waals surface area contributed by atoms with Crippen LogP contribution >= 0.6 is 34.8 Å². The third-order valence-electron chi connectivity index (χ3n) is 3.01. The summed E-state index contributed by atoms with van der Waals surface area (Å²) in [5.74, 6) is 1.44. The van der Waals surface area contributed by atoms with Gasteiger partial charge in [-0.05, 0) is 18.8 Å². The van der Waals surface area contributed by atoms with Gasteiger partial charge in [-0.1, -0.05) is 24.3 Å². The maximum atomic E-state index is 6.11. The quantitative estimate of drug-likeness (QED) is 0.599. The van der Waals surface area contributed by atoms with Crippen LogP contribution in [0.25, 0.3) is 0 Å². The summed E-state index contributed by atoms with van der Waals surface area (Å²) in [6.07, 6.45) is 9.85. The third-order valence-corrected chi connectivity index (χ3v) is 3.83. The van der Waals surface area contributed by atoms with E-state index in [4.69, 9.17) is 40.5 Å². The molecule has 0 bridgehead atoms. The van der Waals surface area contributed by atoms with E-state index in [0.717, 1.165) is 12.8 Å². The summed E-state index contributed by atoms with van der Waals surface area (Å²) < 4.78 is 0. The Kier molecular flexibility index (Phi) is 5.48. The average Bonchev–Trinajstić information content (AvgIpc) is 2.21. The van der Waals surface area contributed by atoms with Gasteiger partial charge in [-0.25, -0.2) is 0 Å². The maximum Gasteiger partial charge on any atom is 0.0898 e. The lowest BCUT2D eigenvalue weighted by atomic mass is 9.69.